The molecule has 0 radical (unpaired) electrons. The Labute approximate surface area is 124 Å². The van der Waals surface area contributed by atoms with Gasteiger partial charge in [-0.05, 0) is 45.7 Å². The van der Waals surface area contributed by atoms with Gasteiger partial charge in [0.25, 0.3) is 5.91 Å². The van der Waals surface area contributed by atoms with Crippen LogP contribution in [0.5, 0.6) is 0 Å². The second kappa shape index (κ2) is 5.82. The number of nitrogens with zero attached hydrogens (tertiary/aromatic N) is 3. The van der Waals surface area contributed by atoms with Crippen molar-refractivity contribution < 1.29 is 4.79 Å². The molecule has 4 nitrogen and oxygen atoms in total. The number of likely N-dealkylation sites (tertiary alicyclic amines) is 2. The van der Waals surface area contributed by atoms with E-state index < -0.39 is 0 Å². The number of thiazole rings is 1. The van der Waals surface area contributed by atoms with Crippen LogP contribution < -0.4 is 0 Å². The molecule has 2 atom stereocenters. The first kappa shape index (κ1) is 14.0. The topological polar surface area (TPSA) is 36.4 Å². The number of aromatic nitrogens is 1. The third kappa shape index (κ3) is 2.49. The van der Waals surface area contributed by atoms with E-state index in [-0.39, 0.29) is 5.91 Å². The molecule has 110 valence electrons. The van der Waals surface area contributed by atoms with Gasteiger partial charge in [0.1, 0.15) is 4.88 Å². The normalized spacial score (nSPS) is 27.4. The second-order valence-electron chi connectivity index (χ2n) is 5.79. The summed E-state index contributed by atoms with van der Waals surface area (Å²) < 4.78 is 0. The fourth-order valence-electron chi connectivity index (χ4n) is 3.73. The molecule has 3 rings (SSSR count). The fraction of sp³-hybridized carbons (Fsp3) is 0.733. The summed E-state index contributed by atoms with van der Waals surface area (Å²) in [7, 11) is 0. The molecule has 2 saturated heterocycles. The van der Waals surface area contributed by atoms with E-state index in [4.69, 9.17) is 0 Å². The Morgan fingerprint density at radius 2 is 2.10 bits per heavy atom. The molecule has 3 heterocycles. The molecular weight excluding hydrogens is 270 g/mol. The SMILES string of the molecule is CCN1CCC[C@H]1[C@@H]1CCCN1C(=O)c1cnc(C)s1. The highest BCUT2D eigenvalue weighted by atomic mass is 32.1. The number of amides is 1. The lowest BCUT2D eigenvalue weighted by molar-refractivity contribution is 0.0654. The Hall–Kier alpha value is -0.940. The molecule has 0 spiro atoms. The summed E-state index contributed by atoms with van der Waals surface area (Å²) in [5.41, 5.74) is 0. The van der Waals surface area contributed by atoms with E-state index in [0.29, 0.717) is 12.1 Å². The summed E-state index contributed by atoms with van der Waals surface area (Å²) in [6.45, 7) is 7.39. The minimum Gasteiger partial charge on any atom is -0.333 e. The number of aryl methyl sites for hydroxylation is 1. The van der Waals surface area contributed by atoms with Crippen LogP contribution in [0.2, 0.25) is 0 Å². The summed E-state index contributed by atoms with van der Waals surface area (Å²) in [4.78, 5) is 22.4. The molecule has 2 aliphatic rings. The molecule has 0 bridgehead atoms. The van der Waals surface area contributed by atoms with Gasteiger partial charge in [-0.25, -0.2) is 4.98 Å². The molecule has 1 aromatic heterocycles. The van der Waals surface area contributed by atoms with Gasteiger partial charge in [0, 0.05) is 18.6 Å². The number of carbonyl (C=O) groups is 1. The molecule has 0 saturated carbocycles. The van der Waals surface area contributed by atoms with Gasteiger partial charge in [0.15, 0.2) is 0 Å². The first-order valence-electron chi connectivity index (χ1n) is 7.68. The standard InChI is InChI=1S/C15H23N3OS/c1-3-17-8-4-6-12(17)13-7-5-9-18(13)15(19)14-10-16-11(2)20-14/h10,12-13H,3-9H2,1-2H3/t12-,13-/m0/s1. The van der Waals surface area contributed by atoms with Gasteiger partial charge in [-0.1, -0.05) is 6.92 Å². The molecule has 1 aromatic rings. The minimum absolute atomic E-state index is 0.195. The van der Waals surface area contributed by atoms with Crippen molar-refractivity contribution in [2.45, 2.75) is 51.6 Å². The molecule has 5 heteroatoms. The maximum atomic E-state index is 12.7. The van der Waals surface area contributed by atoms with Gasteiger partial charge in [-0.3, -0.25) is 9.69 Å². The first-order valence-corrected chi connectivity index (χ1v) is 8.49. The highest BCUT2D eigenvalue weighted by Gasteiger charge is 2.39. The summed E-state index contributed by atoms with van der Waals surface area (Å²) in [6.07, 6.45) is 6.55. The summed E-state index contributed by atoms with van der Waals surface area (Å²) in [5, 5.41) is 0.972. The lowest BCUT2D eigenvalue weighted by atomic mass is 10.0. The van der Waals surface area contributed by atoms with Crippen molar-refractivity contribution in [1.29, 1.82) is 0 Å². The molecule has 0 N–H and O–H groups in total. The van der Waals surface area contributed by atoms with E-state index in [1.165, 1.54) is 30.7 Å². The zero-order valence-corrected chi connectivity index (χ0v) is 13.2. The third-order valence-electron chi connectivity index (χ3n) is 4.66. The molecule has 0 aromatic carbocycles. The van der Waals surface area contributed by atoms with Gasteiger partial charge in [-0.2, -0.15) is 0 Å². The Morgan fingerprint density at radius 1 is 1.35 bits per heavy atom. The number of likely N-dealkylation sites (N-methyl/N-ethyl adjacent to an activating group) is 1. The maximum Gasteiger partial charge on any atom is 0.265 e. The van der Waals surface area contributed by atoms with Crippen LogP contribution in [-0.4, -0.2) is 52.4 Å². The van der Waals surface area contributed by atoms with E-state index in [1.54, 1.807) is 6.20 Å². The van der Waals surface area contributed by atoms with Crippen molar-refractivity contribution in [2.75, 3.05) is 19.6 Å². The molecule has 0 aliphatic carbocycles. The highest BCUT2D eigenvalue weighted by Crippen LogP contribution is 2.31. The third-order valence-corrected chi connectivity index (χ3v) is 5.56. The fourth-order valence-corrected chi connectivity index (χ4v) is 4.46. The molecule has 2 fully saturated rings. The largest absolute Gasteiger partial charge is 0.333 e. The second-order valence-corrected chi connectivity index (χ2v) is 7.02. The van der Waals surface area contributed by atoms with E-state index in [0.717, 1.165) is 35.8 Å². The Balaban J connectivity index is 1.77. The Morgan fingerprint density at radius 3 is 2.80 bits per heavy atom. The summed E-state index contributed by atoms with van der Waals surface area (Å²) >= 11 is 1.52. The van der Waals surface area contributed by atoms with Crippen LogP contribution in [0.25, 0.3) is 0 Å². The minimum atomic E-state index is 0.195. The molecule has 1 amide bonds. The van der Waals surface area contributed by atoms with Crippen molar-refractivity contribution in [3.63, 3.8) is 0 Å². The van der Waals surface area contributed by atoms with Gasteiger partial charge < -0.3 is 4.90 Å². The molecule has 20 heavy (non-hydrogen) atoms. The van der Waals surface area contributed by atoms with Crippen molar-refractivity contribution in [3.8, 4) is 0 Å². The smallest absolute Gasteiger partial charge is 0.265 e. The molecular formula is C15H23N3OS. The van der Waals surface area contributed by atoms with Crippen LogP contribution in [0.3, 0.4) is 0 Å². The number of carbonyl (C=O) groups excluding carboxylic acids is 1. The van der Waals surface area contributed by atoms with E-state index in [2.05, 4.69) is 21.7 Å². The predicted octanol–water partition coefficient (Wildman–Crippen LogP) is 2.54. The highest BCUT2D eigenvalue weighted by molar-refractivity contribution is 7.13. The molecule has 0 unspecified atom stereocenters. The van der Waals surface area contributed by atoms with Crippen LogP contribution in [0.15, 0.2) is 6.20 Å². The van der Waals surface area contributed by atoms with Crippen LogP contribution in [0.4, 0.5) is 0 Å². The van der Waals surface area contributed by atoms with Crippen molar-refractivity contribution in [1.82, 2.24) is 14.8 Å². The van der Waals surface area contributed by atoms with Gasteiger partial charge >= 0.3 is 0 Å². The lowest BCUT2D eigenvalue weighted by Gasteiger charge is -2.34. The van der Waals surface area contributed by atoms with Gasteiger partial charge in [0.05, 0.1) is 11.2 Å². The van der Waals surface area contributed by atoms with Crippen LogP contribution in [-0.2, 0) is 0 Å². The van der Waals surface area contributed by atoms with Crippen molar-refractivity contribution in [3.05, 3.63) is 16.1 Å². The number of rotatable bonds is 3. The zero-order chi connectivity index (χ0) is 14.1. The van der Waals surface area contributed by atoms with Crippen molar-refractivity contribution >= 4 is 17.2 Å². The summed E-state index contributed by atoms with van der Waals surface area (Å²) in [5.74, 6) is 0.195. The first-order chi connectivity index (χ1) is 9.70. The summed E-state index contributed by atoms with van der Waals surface area (Å²) in [6, 6.07) is 0.979. The van der Waals surface area contributed by atoms with E-state index >= 15 is 0 Å². The van der Waals surface area contributed by atoms with E-state index in [1.807, 2.05) is 6.92 Å². The van der Waals surface area contributed by atoms with Crippen LogP contribution >= 0.6 is 11.3 Å². The number of hydrogen-bond donors (Lipinski definition) is 0. The predicted molar refractivity (Wildman–Crippen MR) is 81.2 cm³/mol. The maximum absolute atomic E-state index is 12.7. The van der Waals surface area contributed by atoms with Gasteiger partial charge in [-0.15, -0.1) is 11.3 Å². The van der Waals surface area contributed by atoms with Crippen molar-refractivity contribution in [2.24, 2.45) is 0 Å². The van der Waals surface area contributed by atoms with E-state index in [9.17, 15) is 4.79 Å². The Kier molecular flexibility index (Phi) is 4.08. The monoisotopic (exact) mass is 293 g/mol. The van der Waals surface area contributed by atoms with Gasteiger partial charge in [0.2, 0.25) is 0 Å². The quantitative estimate of drug-likeness (QED) is 0.859. The molecule has 2 aliphatic heterocycles. The lowest BCUT2D eigenvalue weighted by Crippen LogP contribution is -2.48. The Bertz CT molecular complexity index is 487. The average Bonchev–Trinajstić information content (AvgIpc) is 3.16. The van der Waals surface area contributed by atoms with Crippen LogP contribution in [0.1, 0.15) is 47.3 Å². The van der Waals surface area contributed by atoms with Crippen LogP contribution in [0, 0.1) is 6.92 Å². The zero-order valence-electron chi connectivity index (χ0n) is 12.3. The number of hydrogen-bond acceptors (Lipinski definition) is 4. The average molecular weight is 293 g/mol.